The molecule has 11 heteroatoms. The van der Waals surface area contributed by atoms with Gasteiger partial charge in [-0.2, -0.15) is 0 Å². The van der Waals surface area contributed by atoms with Crippen molar-refractivity contribution < 1.29 is 19.1 Å². The molecule has 1 unspecified atom stereocenters. The number of benzene rings is 3. The summed E-state index contributed by atoms with van der Waals surface area (Å²) in [5.74, 6) is -0.443. The van der Waals surface area contributed by atoms with Gasteiger partial charge >= 0.3 is 0 Å². The van der Waals surface area contributed by atoms with Gasteiger partial charge in [0, 0.05) is 42.7 Å². The van der Waals surface area contributed by atoms with Gasteiger partial charge in [0.05, 0.1) is 11.7 Å². The molecule has 3 N–H and O–H groups in total. The number of para-hydroxylation sites is 2. The Hall–Kier alpha value is -4.58. The first-order valence-electron chi connectivity index (χ1n) is 17.6. The average molecular weight is 693 g/mol. The second-order valence-corrected chi connectivity index (χ2v) is 14.4. The van der Waals surface area contributed by atoms with E-state index in [2.05, 4.69) is 37.8 Å². The Balaban J connectivity index is 1.07. The number of aromatic nitrogens is 2. The number of amides is 2. The number of nitrogens with one attached hydrogen (secondary N) is 2. The molecular formula is C39H44N6O4S. The Morgan fingerprint density at radius 3 is 2.38 bits per heavy atom. The van der Waals surface area contributed by atoms with Gasteiger partial charge in [-0.25, -0.2) is 9.97 Å². The Bertz CT molecular complexity index is 1860. The second-order valence-electron chi connectivity index (χ2n) is 13.5. The fourth-order valence-electron chi connectivity index (χ4n) is 6.96. The number of hydrogen-bond acceptors (Lipinski definition) is 9. The molecule has 10 nitrogen and oxygen atoms in total. The van der Waals surface area contributed by atoms with Crippen molar-refractivity contribution in [3.63, 3.8) is 0 Å². The van der Waals surface area contributed by atoms with Crippen molar-refractivity contribution in [3.05, 3.63) is 101 Å². The zero-order valence-corrected chi connectivity index (χ0v) is 29.2. The number of nitrogens with zero attached hydrogens (tertiary/aromatic N) is 4. The van der Waals surface area contributed by atoms with Crippen LogP contribution in [-0.4, -0.2) is 76.6 Å². The van der Waals surface area contributed by atoms with E-state index in [1.807, 2.05) is 60.7 Å². The molecule has 260 valence electrons. The summed E-state index contributed by atoms with van der Waals surface area (Å²) in [6.07, 6.45) is 3.55. The number of rotatable bonds is 11. The van der Waals surface area contributed by atoms with E-state index in [9.17, 15) is 14.7 Å². The van der Waals surface area contributed by atoms with Gasteiger partial charge < -0.3 is 30.0 Å². The smallest absolute Gasteiger partial charge is 0.252 e. The van der Waals surface area contributed by atoms with Gasteiger partial charge in [-0.1, -0.05) is 73.9 Å². The van der Waals surface area contributed by atoms with Crippen molar-refractivity contribution in [3.8, 4) is 11.3 Å². The van der Waals surface area contributed by atoms with Crippen LogP contribution in [0, 0.1) is 0 Å². The predicted octanol–water partition coefficient (Wildman–Crippen LogP) is 5.99. The molecule has 2 fully saturated rings. The SMILES string of the molecule is CN1CCN(c2nc(-c3ccc(C(=O)NC4(C(=O)N[C@@H](CCc5ccccc5)C(O)c5nc6ccccc6o5)CCCCC4)cc3)cs2)CC1. The number of aliphatic hydroxyl groups excluding tert-OH is 1. The molecule has 1 saturated carbocycles. The molecule has 7 rings (SSSR count). The third kappa shape index (κ3) is 7.60. The van der Waals surface area contributed by atoms with E-state index in [-0.39, 0.29) is 17.7 Å². The number of likely N-dealkylation sites (N-methyl/N-ethyl adjacent to an activating group) is 1. The van der Waals surface area contributed by atoms with E-state index in [0.717, 1.165) is 67.4 Å². The fourth-order valence-corrected chi connectivity index (χ4v) is 7.85. The standard InChI is InChI=1S/C39H44N6O4S/c1-44-22-24-45(25-23-44)38-42-32(26-50-38)28-15-17-29(18-16-28)35(47)43-39(20-8-3-9-21-39)37(48)41-31(19-14-27-10-4-2-5-11-27)34(46)36-40-30-12-6-7-13-33(30)49-36/h2,4-7,10-13,15-18,26,31,34,46H,3,8-9,14,19-25H2,1H3,(H,41,48)(H,43,47)/t31-,34?/m0/s1. The van der Waals surface area contributed by atoms with Crippen LogP contribution < -0.4 is 15.5 Å². The summed E-state index contributed by atoms with van der Waals surface area (Å²) < 4.78 is 5.92. The topological polar surface area (TPSA) is 124 Å². The van der Waals surface area contributed by atoms with Crippen molar-refractivity contribution >= 4 is 39.4 Å². The molecule has 2 atom stereocenters. The predicted molar refractivity (Wildman–Crippen MR) is 196 cm³/mol. The van der Waals surface area contributed by atoms with Crippen molar-refractivity contribution in [1.29, 1.82) is 0 Å². The number of thiazole rings is 1. The second kappa shape index (κ2) is 15.1. The minimum Gasteiger partial charge on any atom is -0.438 e. The summed E-state index contributed by atoms with van der Waals surface area (Å²) >= 11 is 1.64. The molecule has 3 aromatic carbocycles. The van der Waals surface area contributed by atoms with Gasteiger partial charge in [-0.15, -0.1) is 11.3 Å². The molecule has 3 heterocycles. The lowest BCUT2D eigenvalue weighted by Crippen LogP contribution is -2.61. The van der Waals surface area contributed by atoms with Crippen LogP contribution in [0.25, 0.3) is 22.4 Å². The van der Waals surface area contributed by atoms with Gasteiger partial charge in [0.15, 0.2) is 16.8 Å². The Morgan fingerprint density at radius 2 is 1.64 bits per heavy atom. The number of piperazine rings is 1. The molecule has 0 spiro atoms. The molecule has 2 aliphatic rings. The summed E-state index contributed by atoms with van der Waals surface area (Å²) in [6, 6.07) is 24.1. The van der Waals surface area contributed by atoms with Gasteiger partial charge in [0.25, 0.3) is 5.91 Å². The highest BCUT2D eigenvalue weighted by atomic mass is 32.1. The monoisotopic (exact) mass is 692 g/mol. The minimum absolute atomic E-state index is 0.155. The average Bonchev–Trinajstić information content (AvgIpc) is 3.83. The number of fused-ring (bicyclic) bond motifs is 1. The fraction of sp³-hybridized carbons (Fsp3) is 0.385. The molecule has 50 heavy (non-hydrogen) atoms. The van der Waals surface area contributed by atoms with Crippen molar-refractivity contribution in [2.45, 2.75) is 62.6 Å². The van der Waals surface area contributed by atoms with Crippen LogP contribution in [0.2, 0.25) is 0 Å². The maximum absolute atomic E-state index is 14.3. The van der Waals surface area contributed by atoms with Crippen LogP contribution in [0.5, 0.6) is 0 Å². The zero-order valence-electron chi connectivity index (χ0n) is 28.4. The summed E-state index contributed by atoms with van der Waals surface area (Å²) in [6.45, 7) is 3.96. The molecular weight excluding hydrogens is 649 g/mol. The molecule has 0 radical (unpaired) electrons. The van der Waals surface area contributed by atoms with Crippen LogP contribution in [0.4, 0.5) is 5.13 Å². The van der Waals surface area contributed by atoms with Crippen LogP contribution in [-0.2, 0) is 11.2 Å². The highest BCUT2D eigenvalue weighted by molar-refractivity contribution is 7.14. The van der Waals surface area contributed by atoms with E-state index in [4.69, 9.17) is 9.40 Å². The third-order valence-electron chi connectivity index (χ3n) is 10.1. The maximum Gasteiger partial charge on any atom is 0.252 e. The van der Waals surface area contributed by atoms with Gasteiger partial charge in [0.1, 0.15) is 11.1 Å². The molecule has 1 aliphatic carbocycles. The lowest BCUT2D eigenvalue weighted by atomic mass is 9.80. The van der Waals surface area contributed by atoms with E-state index >= 15 is 0 Å². The quantitative estimate of drug-likeness (QED) is 0.154. The number of aryl methyl sites for hydroxylation is 1. The van der Waals surface area contributed by atoms with E-state index < -0.39 is 17.7 Å². The molecule has 5 aromatic rings. The Labute approximate surface area is 296 Å². The summed E-state index contributed by atoms with van der Waals surface area (Å²) in [5, 5.41) is 21.0. The number of oxazole rings is 1. The minimum atomic E-state index is -1.18. The van der Waals surface area contributed by atoms with Crippen LogP contribution in [0.1, 0.15) is 66.4 Å². The normalized spacial score (nSPS) is 17.7. The largest absolute Gasteiger partial charge is 0.438 e. The number of aliphatic hydroxyl groups is 1. The number of carbonyl (C=O) groups excluding carboxylic acids is 2. The van der Waals surface area contributed by atoms with Gasteiger partial charge in [-0.3, -0.25) is 9.59 Å². The third-order valence-corrected chi connectivity index (χ3v) is 11.0. The lowest BCUT2D eigenvalue weighted by Gasteiger charge is -2.38. The summed E-state index contributed by atoms with van der Waals surface area (Å²) in [7, 11) is 2.14. The van der Waals surface area contributed by atoms with E-state index in [1.165, 1.54) is 0 Å². The van der Waals surface area contributed by atoms with Crippen molar-refractivity contribution in [2.75, 3.05) is 38.1 Å². The number of hydrogen-bond donors (Lipinski definition) is 3. The number of carbonyl (C=O) groups is 2. The lowest BCUT2D eigenvalue weighted by molar-refractivity contribution is -0.130. The van der Waals surface area contributed by atoms with Gasteiger partial charge in [0.2, 0.25) is 11.8 Å². The highest BCUT2D eigenvalue weighted by Gasteiger charge is 2.43. The zero-order chi connectivity index (χ0) is 34.5. The summed E-state index contributed by atoms with van der Waals surface area (Å²) in [4.78, 5) is 42.1. The first kappa shape index (κ1) is 33.9. The molecule has 2 amide bonds. The first-order valence-corrected chi connectivity index (χ1v) is 18.5. The van der Waals surface area contributed by atoms with E-state index in [1.54, 1.807) is 29.5 Å². The Kier molecular flexibility index (Phi) is 10.3. The first-order chi connectivity index (χ1) is 24.4. The van der Waals surface area contributed by atoms with Crippen molar-refractivity contribution in [1.82, 2.24) is 25.5 Å². The molecule has 1 saturated heterocycles. The van der Waals surface area contributed by atoms with Crippen LogP contribution in [0.15, 0.2) is 88.7 Å². The van der Waals surface area contributed by atoms with Crippen molar-refractivity contribution in [2.24, 2.45) is 0 Å². The molecule has 2 aromatic heterocycles. The maximum atomic E-state index is 14.3. The number of anilines is 1. The van der Waals surface area contributed by atoms with Crippen LogP contribution >= 0.6 is 11.3 Å². The van der Waals surface area contributed by atoms with Gasteiger partial charge in [-0.05, 0) is 62.6 Å². The molecule has 1 aliphatic heterocycles. The highest BCUT2D eigenvalue weighted by Crippen LogP contribution is 2.32. The Morgan fingerprint density at radius 1 is 0.920 bits per heavy atom. The molecule has 0 bridgehead atoms. The van der Waals surface area contributed by atoms with E-state index in [0.29, 0.717) is 42.3 Å². The van der Waals surface area contributed by atoms with Crippen LogP contribution in [0.3, 0.4) is 0 Å². The summed E-state index contributed by atoms with van der Waals surface area (Å²) in [5.41, 5.74) is 3.51.